The lowest BCUT2D eigenvalue weighted by Gasteiger charge is -2.18. The van der Waals surface area contributed by atoms with Crippen LogP contribution < -0.4 is 5.32 Å². The van der Waals surface area contributed by atoms with Gasteiger partial charge in [-0.2, -0.15) is 13.2 Å². The van der Waals surface area contributed by atoms with Crippen LogP contribution in [0, 0.1) is 11.7 Å². The zero-order valence-electron chi connectivity index (χ0n) is 10.6. The Hall–Kier alpha value is -1.10. The molecule has 1 aromatic carbocycles. The maximum atomic E-state index is 13.1. The van der Waals surface area contributed by atoms with Gasteiger partial charge in [0.15, 0.2) is 0 Å². The van der Waals surface area contributed by atoms with E-state index >= 15 is 0 Å². The van der Waals surface area contributed by atoms with Gasteiger partial charge < -0.3 is 5.32 Å². The van der Waals surface area contributed by atoms with E-state index in [1.807, 2.05) is 20.8 Å². The van der Waals surface area contributed by atoms with Crippen molar-refractivity contribution in [3.8, 4) is 0 Å². The SMILES string of the molecule is CC(C)C(C)NCc1cc(F)cc(C(F)(F)F)c1. The van der Waals surface area contributed by atoms with Gasteiger partial charge in [0.1, 0.15) is 5.82 Å². The summed E-state index contributed by atoms with van der Waals surface area (Å²) in [5.74, 6) is -0.500. The first kappa shape index (κ1) is 15.0. The Morgan fingerprint density at radius 3 is 2.22 bits per heavy atom. The van der Waals surface area contributed by atoms with Gasteiger partial charge in [0.25, 0.3) is 0 Å². The van der Waals surface area contributed by atoms with Gasteiger partial charge in [0, 0.05) is 12.6 Å². The third-order valence-electron chi connectivity index (χ3n) is 2.91. The second-order valence-corrected chi connectivity index (χ2v) is 4.76. The zero-order valence-corrected chi connectivity index (χ0v) is 10.6. The van der Waals surface area contributed by atoms with Crippen molar-refractivity contribution >= 4 is 0 Å². The van der Waals surface area contributed by atoms with Crippen LogP contribution in [0.4, 0.5) is 17.6 Å². The van der Waals surface area contributed by atoms with E-state index < -0.39 is 17.6 Å². The monoisotopic (exact) mass is 263 g/mol. The number of alkyl halides is 3. The molecule has 18 heavy (non-hydrogen) atoms. The fraction of sp³-hybridized carbons (Fsp3) is 0.538. The number of hydrogen-bond acceptors (Lipinski definition) is 1. The highest BCUT2D eigenvalue weighted by Crippen LogP contribution is 2.30. The van der Waals surface area contributed by atoms with Crippen LogP contribution >= 0.6 is 0 Å². The highest BCUT2D eigenvalue weighted by atomic mass is 19.4. The molecular formula is C13H17F4N. The smallest absolute Gasteiger partial charge is 0.310 e. The normalized spacial score (nSPS) is 14.0. The van der Waals surface area contributed by atoms with E-state index in [0.29, 0.717) is 17.5 Å². The topological polar surface area (TPSA) is 12.0 Å². The first-order chi connectivity index (χ1) is 8.20. The van der Waals surface area contributed by atoms with Crippen molar-refractivity contribution in [3.05, 3.63) is 35.1 Å². The van der Waals surface area contributed by atoms with Crippen LogP contribution in [-0.2, 0) is 12.7 Å². The summed E-state index contributed by atoms with van der Waals surface area (Å²) in [6.07, 6.45) is -4.51. The summed E-state index contributed by atoms with van der Waals surface area (Å²) < 4.78 is 50.6. The zero-order chi connectivity index (χ0) is 13.9. The van der Waals surface area contributed by atoms with Crippen molar-refractivity contribution in [1.29, 1.82) is 0 Å². The van der Waals surface area contributed by atoms with Crippen LogP contribution in [0.25, 0.3) is 0 Å². The van der Waals surface area contributed by atoms with E-state index in [1.165, 1.54) is 0 Å². The predicted molar refractivity (Wildman–Crippen MR) is 62.5 cm³/mol. The van der Waals surface area contributed by atoms with E-state index in [0.717, 1.165) is 12.1 Å². The van der Waals surface area contributed by atoms with Gasteiger partial charge in [-0.3, -0.25) is 0 Å². The van der Waals surface area contributed by atoms with E-state index in [-0.39, 0.29) is 12.6 Å². The summed E-state index contributed by atoms with van der Waals surface area (Å²) in [4.78, 5) is 0. The van der Waals surface area contributed by atoms with Crippen molar-refractivity contribution in [2.24, 2.45) is 5.92 Å². The molecule has 0 amide bonds. The molecule has 0 aliphatic carbocycles. The van der Waals surface area contributed by atoms with Crippen LogP contribution in [-0.4, -0.2) is 6.04 Å². The van der Waals surface area contributed by atoms with Gasteiger partial charge in [-0.1, -0.05) is 13.8 Å². The fourth-order valence-corrected chi connectivity index (χ4v) is 1.43. The summed E-state index contributed by atoms with van der Waals surface area (Å²) in [5, 5.41) is 3.07. The lowest BCUT2D eigenvalue weighted by atomic mass is 10.1. The standard InChI is InChI=1S/C13H17F4N/c1-8(2)9(3)18-7-10-4-11(13(15,16)17)6-12(14)5-10/h4-6,8-9,18H,7H2,1-3H3. The molecule has 0 aromatic heterocycles. The number of hydrogen-bond donors (Lipinski definition) is 1. The van der Waals surface area contributed by atoms with E-state index in [2.05, 4.69) is 5.32 Å². The molecule has 1 atom stereocenters. The molecule has 1 unspecified atom stereocenters. The van der Waals surface area contributed by atoms with Crippen molar-refractivity contribution in [2.45, 2.75) is 39.5 Å². The average Bonchev–Trinajstić information content (AvgIpc) is 2.23. The van der Waals surface area contributed by atoms with Crippen LogP contribution in [0.15, 0.2) is 18.2 Å². The quantitative estimate of drug-likeness (QED) is 0.810. The lowest BCUT2D eigenvalue weighted by Crippen LogP contribution is -2.30. The Balaban J connectivity index is 2.81. The van der Waals surface area contributed by atoms with Crippen molar-refractivity contribution in [3.63, 3.8) is 0 Å². The van der Waals surface area contributed by atoms with Gasteiger partial charge in [-0.05, 0) is 36.6 Å². The fourth-order valence-electron chi connectivity index (χ4n) is 1.43. The van der Waals surface area contributed by atoms with Gasteiger partial charge in [-0.15, -0.1) is 0 Å². The summed E-state index contributed by atoms with van der Waals surface area (Å²) in [6, 6.07) is 2.76. The molecule has 0 radical (unpaired) electrons. The molecule has 1 rings (SSSR count). The maximum Gasteiger partial charge on any atom is 0.416 e. The molecule has 0 heterocycles. The number of nitrogens with one attached hydrogen (secondary N) is 1. The van der Waals surface area contributed by atoms with Crippen LogP contribution in [0.2, 0.25) is 0 Å². The molecular weight excluding hydrogens is 246 g/mol. The molecule has 5 heteroatoms. The molecule has 0 bridgehead atoms. The Kier molecular flexibility index (Phi) is 4.73. The van der Waals surface area contributed by atoms with E-state index in [1.54, 1.807) is 0 Å². The molecule has 0 aliphatic rings. The number of rotatable bonds is 4. The van der Waals surface area contributed by atoms with Crippen molar-refractivity contribution < 1.29 is 17.6 Å². The largest absolute Gasteiger partial charge is 0.416 e. The molecule has 0 saturated heterocycles. The number of halogens is 4. The molecule has 102 valence electrons. The minimum absolute atomic E-state index is 0.155. The van der Waals surface area contributed by atoms with Crippen molar-refractivity contribution in [1.82, 2.24) is 5.32 Å². The Labute approximate surface area is 104 Å². The molecule has 0 fully saturated rings. The first-order valence-electron chi connectivity index (χ1n) is 5.80. The Morgan fingerprint density at radius 1 is 1.11 bits per heavy atom. The van der Waals surface area contributed by atoms with Crippen molar-refractivity contribution in [2.75, 3.05) is 0 Å². The van der Waals surface area contributed by atoms with Crippen LogP contribution in [0.1, 0.15) is 31.9 Å². The lowest BCUT2D eigenvalue weighted by molar-refractivity contribution is -0.137. The van der Waals surface area contributed by atoms with Gasteiger partial charge >= 0.3 is 6.18 Å². The van der Waals surface area contributed by atoms with Gasteiger partial charge in [0.2, 0.25) is 0 Å². The minimum Gasteiger partial charge on any atom is -0.310 e. The van der Waals surface area contributed by atoms with E-state index in [4.69, 9.17) is 0 Å². The van der Waals surface area contributed by atoms with Crippen LogP contribution in [0.3, 0.4) is 0 Å². The van der Waals surface area contributed by atoms with Crippen LogP contribution in [0.5, 0.6) is 0 Å². The summed E-state index contributed by atoms with van der Waals surface area (Å²) in [6.45, 7) is 6.17. The minimum atomic E-state index is -4.51. The molecule has 0 spiro atoms. The molecule has 0 saturated carbocycles. The molecule has 0 aliphatic heterocycles. The second-order valence-electron chi connectivity index (χ2n) is 4.76. The Bertz CT molecular complexity index is 398. The first-order valence-corrected chi connectivity index (χ1v) is 5.80. The Morgan fingerprint density at radius 2 is 1.72 bits per heavy atom. The average molecular weight is 263 g/mol. The predicted octanol–water partition coefficient (Wildman–Crippen LogP) is 3.98. The molecule has 1 nitrogen and oxygen atoms in total. The van der Waals surface area contributed by atoms with Gasteiger partial charge in [-0.25, -0.2) is 4.39 Å². The molecule has 1 N–H and O–H groups in total. The number of benzene rings is 1. The summed E-state index contributed by atoms with van der Waals surface area (Å²) in [5.41, 5.74) is -0.647. The van der Waals surface area contributed by atoms with E-state index in [9.17, 15) is 17.6 Å². The highest BCUT2D eigenvalue weighted by molar-refractivity contribution is 5.26. The third kappa shape index (κ3) is 4.29. The second kappa shape index (κ2) is 5.69. The van der Waals surface area contributed by atoms with Gasteiger partial charge in [0.05, 0.1) is 5.56 Å². The third-order valence-corrected chi connectivity index (χ3v) is 2.91. The summed E-state index contributed by atoms with van der Waals surface area (Å²) in [7, 11) is 0. The maximum absolute atomic E-state index is 13.1. The highest BCUT2D eigenvalue weighted by Gasteiger charge is 2.31. The molecule has 1 aromatic rings. The summed E-state index contributed by atoms with van der Waals surface area (Å²) >= 11 is 0.